The van der Waals surface area contributed by atoms with Gasteiger partial charge in [0.25, 0.3) is 0 Å². The maximum Gasteiger partial charge on any atom is 0.154 e. The van der Waals surface area contributed by atoms with Crippen LogP contribution in [0.2, 0.25) is 0 Å². The van der Waals surface area contributed by atoms with Gasteiger partial charge in [-0.3, -0.25) is 4.79 Å². The van der Waals surface area contributed by atoms with Gasteiger partial charge in [-0.1, -0.05) is 33.6 Å². The van der Waals surface area contributed by atoms with Gasteiger partial charge in [-0.05, 0) is 12.3 Å². The predicted molar refractivity (Wildman–Crippen MR) is 49.8 cm³/mol. The topological polar surface area (TPSA) is 43.1 Å². The summed E-state index contributed by atoms with van der Waals surface area (Å²) in [7, 11) is 0. The summed E-state index contributed by atoms with van der Waals surface area (Å²) in [4.78, 5) is 11.6. The molecule has 2 nitrogen and oxygen atoms in total. The van der Waals surface area contributed by atoms with Crippen LogP contribution in [0.15, 0.2) is 0 Å². The zero-order chi connectivity index (χ0) is 9.35. The first kappa shape index (κ1) is 9.72. The minimum atomic E-state index is -0.270. The molecule has 0 aromatic carbocycles. The number of ketones is 1. The number of hydrogen-bond acceptors (Lipinski definition) is 2. The van der Waals surface area contributed by atoms with E-state index in [-0.39, 0.29) is 17.2 Å². The molecule has 0 aromatic rings. The van der Waals surface area contributed by atoms with E-state index in [2.05, 4.69) is 0 Å². The van der Waals surface area contributed by atoms with Gasteiger partial charge < -0.3 is 5.73 Å². The van der Waals surface area contributed by atoms with Crippen LogP contribution in [-0.4, -0.2) is 11.8 Å². The minimum Gasteiger partial charge on any atom is -0.321 e. The summed E-state index contributed by atoms with van der Waals surface area (Å²) in [5, 5.41) is 0. The van der Waals surface area contributed by atoms with E-state index in [1.54, 1.807) is 0 Å². The third-order valence-corrected chi connectivity index (χ3v) is 2.36. The third-order valence-electron chi connectivity index (χ3n) is 2.36. The van der Waals surface area contributed by atoms with Crippen molar-refractivity contribution in [3.8, 4) is 0 Å². The van der Waals surface area contributed by atoms with Gasteiger partial charge in [0.1, 0.15) is 0 Å². The smallest absolute Gasteiger partial charge is 0.154 e. The number of rotatable bonds is 3. The van der Waals surface area contributed by atoms with Crippen molar-refractivity contribution in [2.45, 2.75) is 46.1 Å². The van der Waals surface area contributed by atoms with Crippen LogP contribution in [0.25, 0.3) is 0 Å². The molecular formula is C10H19NO. The van der Waals surface area contributed by atoms with Crippen LogP contribution in [0.4, 0.5) is 0 Å². The molecule has 0 spiro atoms. The average molecular weight is 169 g/mol. The molecule has 1 atom stereocenters. The summed E-state index contributed by atoms with van der Waals surface area (Å²) in [5.41, 5.74) is 5.53. The molecule has 0 radical (unpaired) electrons. The Morgan fingerprint density at radius 1 is 1.50 bits per heavy atom. The maximum atomic E-state index is 11.6. The highest BCUT2D eigenvalue weighted by molar-refractivity contribution is 5.88. The lowest BCUT2D eigenvalue weighted by Gasteiger charge is -2.21. The van der Waals surface area contributed by atoms with Crippen molar-refractivity contribution in [3.63, 3.8) is 0 Å². The van der Waals surface area contributed by atoms with Crippen LogP contribution >= 0.6 is 0 Å². The summed E-state index contributed by atoms with van der Waals surface area (Å²) >= 11 is 0. The van der Waals surface area contributed by atoms with Gasteiger partial charge in [0.05, 0.1) is 6.04 Å². The highest BCUT2D eigenvalue weighted by atomic mass is 16.1. The molecule has 1 rings (SSSR count). The standard InChI is InChI=1S/C10H19NO/c1-10(2,3)9(12)8(11)6-7-4-5-7/h7-8H,4-6,11H2,1-3H3/t8-/m1/s1. The van der Waals surface area contributed by atoms with E-state index < -0.39 is 0 Å². The predicted octanol–water partition coefficient (Wildman–Crippen LogP) is 1.73. The van der Waals surface area contributed by atoms with Crippen molar-refractivity contribution in [1.29, 1.82) is 0 Å². The van der Waals surface area contributed by atoms with Crippen molar-refractivity contribution in [3.05, 3.63) is 0 Å². The van der Waals surface area contributed by atoms with E-state index >= 15 is 0 Å². The normalized spacial score (nSPS) is 20.7. The molecule has 0 bridgehead atoms. The fourth-order valence-electron chi connectivity index (χ4n) is 1.38. The highest BCUT2D eigenvalue weighted by Crippen LogP contribution is 2.34. The quantitative estimate of drug-likeness (QED) is 0.699. The van der Waals surface area contributed by atoms with Crippen molar-refractivity contribution in [2.75, 3.05) is 0 Å². The molecule has 1 aliphatic rings. The van der Waals surface area contributed by atoms with E-state index in [0.29, 0.717) is 0 Å². The Morgan fingerprint density at radius 3 is 2.33 bits per heavy atom. The first-order valence-electron chi connectivity index (χ1n) is 4.71. The minimum absolute atomic E-state index is 0.203. The summed E-state index contributed by atoms with van der Waals surface area (Å²) < 4.78 is 0. The second-order valence-corrected chi connectivity index (χ2v) is 4.90. The fourth-order valence-corrected chi connectivity index (χ4v) is 1.38. The van der Waals surface area contributed by atoms with Gasteiger partial charge in [-0.25, -0.2) is 0 Å². The van der Waals surface area contributed by atoms with E-state index in [1.807, 2.05) is 20.8 Å². The van der Waals surface area contributed by atoms with E-state index in [0.717, 1.165) is 12.3 Å². The van der Waals surface area contributed by atoms with Crippen molar-refractivity contribution >= 4 is 5.78 Å². The van der Waals surface area contributed by atoms with Gasteiger partial charge in [0.15, 0.2) is 5.78 Å². The van der Waals surface area contributed by atoms with Crippen molar-refractivity contribution in [1.82, 2.24) is 0 Å². The molecule has 70 valence electrons. The Kier molecular flexibility index (Phi) is 2.57. The van der Waals surface area contributed by atoms with E-state index in [9.17, 15) is 4.79 Å². The summed E-state index contributed by atoms with van der Waals surface area (Å²) in [5.74, 6) is 0.945. The molecule has 2 heteroatoms. The first-order valence-corrected chi connectivity index (χ1v) is 4.71. The molecule has 0 unspecified atom stereocenters. The second-order valence-electron chi connectivity index (χ2n) is 4.90. The number of carbonyl (C=O) groups is 1. The van der Waals surface area contributed by atoms with E-state index in [4.69, 9.17) is 5.73 Å². The fraction of sp³-hybridized carbons (Fsp3) is 0.900. The Hall–Kier alpha value is -0.370. The molecule has 0 saturated heterocycles. The lowest BCUT2D eigenvalue weighted by molar-refractivity contribution is -0.127. The SMILES string of the molecule is CC(C)(C)C(=O)[C@H](N)CC1CC1. The number of Topliss-reactive ketones (excluding diaryl/α,β-unsaturated/α-hetero) is 1. The molecule has 12 heavy (non-hydrogen) atoms. The largest absolute Gasteiger partial charge is 0.321 e. The first-order chi connectivity index (χ1) is 5.41. The average Bonchev–Trinajstić information content (AvgIpc) is 2.68. The van der Waals surface area contributed by atoms with Crippen LogP contribution in [-0.2, 0) is 4.79 Å². The second kappa shape index (κ2) is 3.17. The molecule has 0 heterocycles. The van der Waals surface area contributed by atoms with Crippen molar-refractivity contribution < 1.29 is 4.79 Å². The molecule has 0 aromatic heterocycles. The van der Waals surface area contributed by atoms with Crippen LogP contribution in [0.1, 0.15) is 40.0 Å². The molecular weight excluding hydrogens is 150 g/mol. The summed E-state index contributed by atoms with van der Waals surface area (Å²) in [6.45, 7) is 5.80. The Morgan fingerprint density at radius 2 is 2.00 bits per heavy atom. The van der Waals surface area contributed by atoms with Gasteiger partial charge in [0, 0.05) is 5.41 Å². The highest BCUT2D eigenvalue weighted by Gasteiger charge is 2.31. The van der Waals surface area contributed by atoms with Gasteiger partial charge in [-0.15, -0.1) is 0 Å². The molecule has 2 N–H and O–H groups in total. The van der Waals surface area contributed by atoms with Crippen LogP contribution in [0, 0.1) is 11.3 Å². The summed E-state index contributed by atoms with van der Waals surface area (Å²) in [6.07, 6.45) is 3.44. The number of carbonyl (C=O) groups excluding carboxylic acids is 1. The molecule has 1 saturated carbocycles. The lowest BCUT2D eigenvalue weighted by atomic mass is 9.85. The molecule has 1 fully saturated rings. The number of hydrogen-bond donors (Lipinski definition) is 1. The van der Waals surface area contributed by atoms with Crippen molar-refractivity contribution in [2.24, 2.45) is 17.1 Å². The molecule has 0 amide bonds. The third kappa shape index (κ3) is 2.59. The van der Waals surface area contributed by atoms with Gasteiger partial charge in [0.2, 0.25) is 0 Å². The van der Waals surface area contributed by atoms with Gasteiger partial charge in [-0.2, -0.15) is 0 Å². The zero-order valence-electron chi connectivity index (χ0n) is 8.26. The van der Waals surface area contributed by atoms with Crippen LogP contribution in [0.3, 0.4) is 0 Å². The lowest BCUT2D eigenvalue weighted by Crippen LogP contribution is -2.39. The Balaban J connectivity index is 2.39. The molecule has 0 aliphatic heterocycles. The Labute approximate surface area is 74.5 Å². The monoisotopic (exact) mass is 169 g/mol. The van der Waals surface area contributed by atoms with Gasteiger partial charge >= 0.3 is 0 Å². The Bertz CT molecular complexity index is 177. The number of nitrogens with two attached hydrogens (primary N) is 1. The summed E-state index contributed by atoms with van der Waals surface area (Å²) in [6, 6.07) is -0.225. The van der Waals surface area contributed by atoms with Crippen LogP contribution in [0.5, 0.6) is 0 Å². The zero-order valence-corrected chi connectivity index (χ0v) is 8.26. The van der Waals surface area contributed by atoms with E-state index in [1.165, 1.54) is 12.8 Å². The molecule has 1 aliphatic carbocycles. The maximum absolute atomic E-state index is 11.6. The van der Waals surface area contributed by atoms with Crippen LogP contribution < -0.4 is 5.73 Å².